The molecular weight excluding hydrogens is 817 g/mol. The number of amides is 6. The van der Waals surface area contributed by atoms with Crippen LogP contribution in [0.5, 0.6) is 0 Å². The zero-order chi connectivity index (χ0) is 45.7. The van der Waals surface area contributed by atoms with Crippen LogP contribution in [0, 0.1) is 17.8 Å². The minimum absolute atomic E-state index is 0.0342. The van der Waals surface area contributed by atoms with Gasteiger partial charge in [-0.25, -0.2) is 32.9 Å². The Bertz CT molecular complexity index is 1690. The van der Waals surface area contributed by atoms with Crippen molar-refractivity contribution in [3.05, 3.63) is 108 Å². The maximum absolute atomic E-state index is 13.7. The topological polar surface area (TPSA) is 230 Å². The van der Waals surface area contributed by atoms with E-state index < -0.39 is 72.1 Å². The lowest BCUT2D eigenvalue weighted by molar-refractivity contribution is -0.178. The summed E-state index contributed by atoms with van der Waals surface area (Å²) < 4.78 is 0. The number of hydrogen-bond donors (Lipinski definition) is 6. The molecule has 3 unspecified atom stereocenters. The van der Waals surface area contributed by atoms with Crippen LogP contribution in [0.1, 0.15) is 77.5 Å². The van der Waals surface area contributed by atoms with E-state index in [1.54, 1.807) is 91.0 Å². The largest absolute Gasteiger partial charge is 0.275 e. The summed E-state index contributed by atoms with van der Waals surface area (Å²) in [4.78, 5) is 116. The van der Waals surface area contributed by atoms with Crippen LogP contribution < -0.4 is 32.9 Å². The van der Waals surface area contributed by atoms with Gasteiger partial charge in [0.05, 0.1) is 0 Å². The molecule has 18 nitrogen and oxygen atoms in total. The molecule has 1 aliphatic rings. The Hall–Kier alpha value is -5.76. The Labute approximate surface area is 367 Å². The summed E-state index contributed by atoms with van der Waals surface area (Å²) >= 11 is 0. The predicted molar refractivity (Wildman–Crippen MR) is 227 cm³/mol. The lowest BCUT2D eigenvalue weighted by Gasteiger charge is -2.25. The second-order valence-corrected chi connectivity index (χ2v) is 16.4. The van der Waals surface area contributed by atoms with E-state index in [1.807, 2.05) is 41.5 Å². The maximum atomic E-state index is 13.7. The first-order chi connectivity index (χ1) is 30.2. The molecule has 1 fully saturated rings. The van der Waals surface area contributed by atoms with Gasteiger partial charge < -0.3 is 0 Å². The van der Waals surface area contributed by atoms with Gasteiger partial charge in [0.1, 0.15) is 0 Å². The molecular formula is C45H60N6O12. The summed E-state index contributed by atoms with van der Waals surface area (Å²) in [6, 6.07) is 26.5. The van der Waals surface area contributed by atoms with E-state index >= 15 is 0 Å². The lowest BCUT2D eigenvalue weighted by atomic mass is 10.1. The van der Waals surface area contributed by atoms with Gasteiger partial charge in [-0.15, -0.1) is 0 Å². The first kappa shape index (κ1) is 49.9. The number of carbonyl (C=O) groups excluding carboxylic acids is 6. The fraction of sp³-hybridized carbons (Fsp3) is 0.467. The van der Waals surface area contributed by atoms with Crippen LogP contribution in [0.4, 0.5) is 0 Å². The SMILES string of the molecule is CC(C)CC1ONC(=O)[C@H](Cc2ccccc2)ONC(=O)[C@@H](CC(C)C)ONC(=O)[C@H](Cc2ccccc2)ONC(=O)C(CC(C)C)ONC(=O)C(Cc2ccccc2)ONC1=O. The van der Waals surface area contributed by atoms with Crippen molar-refractivity contribution in [1.29, 1.82) is 0 Å². The Morgan fingerprint density at radius 2 is 0.524 bits per heavy atom. The van der Waals surface area contributed by atoms with Crippen LogP contribution in [0.3, 0.4) is 0 Å². The van der Waals surface area contributed by atoms with Gasteiger partial charge in [-0.3, -0.25) is 57.8 Å². The van der Waals surface area contributed by atoms with E-state index in [2.05, 4.69) is 32.9 Å². The van der Waals surface area contributed by atoms with Crippen LogP contribution in [0.2, 0.25) is 0 Å². The maximum Gasteiger partial charge on any atom is 0.275 e. The summed E-state index contributed by atoms with van der Waals surface area (Å²) in [5, 5.41) is 0. The van der Waals surface area contributed by atoms with E-state index in [1.165, 1.54) is 0 Å². The van der Waals surface area contributed by atoms with Gasteiger partial charge in [0.15, 0.2) is 36.6 Å². The van der Waals surface area contributed by atoms with Gasteiger partial charge in [-0.2, -0.15) is 0 Å². The average Bonchev–Trinajstić information content (AvgIpc) is 3.26. The van der Waals surface area contributed by atoms with Crippen molar-refractivity contribution in [1.82, 2.24) is 32.9 Å². The van der Waals surface area contributed by atoms with E-state index in [0.29, 0.717) is 16.7 Å². The molecule has 0 saturated carbocycles. The molecule has 63 heavy (non-hydrogen) atoms. The van der Waals surface area contributed by atoms with Gasteiger partial charge in [0.2, 0.25) is 0 Å². The highest BCUT2D eigenvalue weighted by Gasteiger charge is 2.33. The van der Waals surface area contributed by atoms with E-state index in [0.717, 1.165) is 0 Å². The standard InChI is InChI=1S/C45H60N6O12/c1-28(2)22-34-40(52)46-61-38(26-32-18-12-8-13-19-32)44(56)50-59-36(24-30(5)6)42(54)48-63-39(27-33-20-14-9-15-21-33)45(57)51-60-35(23-29(3)4)41(53)47-62-37(43(55)49-58-34)25-31-16-10-7-11-17-31/h7-21,28-30,34-39H,22-27H2,1-6H3,(H,46,52)(H,47,53)(H,48,54)(H,49,55)(H,50,56)(H,51,57)/t34-,35?,36?,37+,38+,39?/m1/s1. The Kier molecular flexibility index (Phi) is 20.6. The molecule has 6 atom stereocenters. The molecule has 1 aliphatic heterocycles. The zero-order valence-corrected chi connectivity index (χ0v) is 36.5. The van der Waals surface area contributed by atoms with Crippen molar-refractivity contribution in [2.24, 2.45) is 17.8 Å². The van der Waals surface area contributed by atoms with Gasteiger partial charge in [-0.05, 0) is 53.7 Å². The van der Waals surface area contributed by atoms with Crippen molar-refractivity contribution >= 4 is 35.4 Å². The zero-order valence-electron chi connectivity index (χ0n) is 36.5. The van der Waals surface area contributed by atoms with E-state index in [-0.39, 0.29) is 56.3 Å². The Balaban J connectivity index is 1.67. The number of carbonyl (C=O) groups is 6. The Morgan fingerprint density at radius 3 is 0.730 bits per heavy atom. The van der Waals surface area contributed by atoms with Crippen molar-refractivity contribution in [3.8, 4) is 0 Å². The van der Waals surface area contributed by atoms with Gasteiger partial charge in [0, 0.05) is 19.3 Å². The Morgan fingerprint density at radius 1 is 0.333 bits per heavy atom. The summed E-state index contributed by atoms with van der Waals surface area (Å²) in [6.07, 6.45) is -7.90. The minimum atomic E-state index is -1.39. The second-order valence-electron chi connectivity index (χ2n) is 16.4. The molecule has 3 aromatic carbocycles. The van der Waals surface area contributed by atoms with Gasteiger partial charge >= 0.3 is 0 Å². The van der Waals surface area contributed by atoms with Crippen molar-refractivity contribution in [2.45, 2.75) is 117 Å². The van der Waals surface area contributed by atoms with Crippen LogP contribution in [-0.2, 0) is 77.1 Å². The smallest absolute Gasteiger partial charge is 0.270 e. The fourth-order valence-corrected chi connectivity index (χ4v) is 6.13. The van der Waals surface area contributed by atoms with Gasteiger partial charge in [0.25, 0.3) is 35.4 Å². The predicted octanol–water partition coefficient (Wildman–Crippen LogP) is 3.36. The minimum Gasteiger partial charge on any atom is -0.270 e. The summed E-state index contributed by atoms with van der Waals surface area (Å²) in [5.74, 6) is -5.35. The summed E-state index contributed by atoms with van der Waals surface area (Å²) in [6.45, 7) is 11.0. The highest BCUT2D eigenvalue weighted by Crippen LogP contribution is 2.15. The number of benzene rings is 3. The number of rotatable bonds is 12. The molecule has 0 aromatic heterocycles. The molecule has 342 valence electrons. The number of hydroxylamine groups is 6. The van der Waals surface area contributed by atoms with E-state index in [9.17, 15) is 28.8 Å². The lowest BCUT2D eigenvalue weighted by Crippen LogP contribution is -2.51. The second kappa shape index (κ2) is 26.0. The molecule has 0 radical (unpaired) electrons. The molecule has 3 aromatic rings. The van der Waals surface area contributed by atoms with Crippen LogP contribution in [0.25, 0.3) is 0 Å². The first-order valence-electron chi connectivity index (χ1n) is 21.0. The fourth-order valence-electron chi connectivity index (χ4n) is 6.13. The number of nitrogens with one attached hydrogen (secondary N) is 6. The molecule has 6 N–H and O–H groups in total. The quantitative estimate of drug-likeness (QED) is 0.154. The van der Waals surface area contributed by atoms with Gasteiger partial charge in [-0.1, -0.05) is 133 Å². The van der Waals surface area contributed by atoms with Crippen LogP contribution >= 0.6 is 0 Å². The normalized spacial score (nSPS) is 23.2. The molecule has 0 bridgehead atoms. The monoisotopic (exact) mass is 876 g/mol. The van der Waals surface area contributed by atoms with Crippen molar-refractivity contribution < 1.29 is 57.8 Å². The van der Waals surface area contributed by atoms with Crippen LogP contribution in [0.15, 0.2) is 91.0 Å². The van der Waals surface area contributed by atoms with Crippen LogP contribution in [-0.4, -0.2) is 72.1 Å². The first-order valence-corrected chi connectivity index (χ1v) is 21.0. The molecule has 4 rings (SSSR count). The third kappa shape index (κ3) is 17.9. The molecule has 18 heteroatoms. The molecule has 1 saturated heterocycles. The summed E-state index contributed by atoms with van der Waals surface area (Å²) in [7, 11) is 0. The van der Waals surface area contributed by atoms with E-state index in [4.69, 9.17) is 29.0 Å². The molecule has 6 amide bonds. The third-order valence-electron chi connectivity index (χ3n) is 9.41. The average molecular weight is 877 g/mol. The summed E-state index contributed by atoms with van der Waals surface area (Å²) in [5.41, 5.74) is 15.8. The van der Waals surface area contributed by atoms with Crippen molar-refractivity contribution in [3.63, 3.8) is 0 Å². The third-order valence-corrected chi connectivity index (χ3v) is 9.41. The van der Waals surface area contributed by atoms with Crippen molar-refractivity contribution in [2.75, 3.05) is 0 Å². The number of hydrogen-bond acceptors (Lipinski definition) is 12. The molecule has 0 spiro atoms. The molecule has 0 aliphatic carbocycles. The highest BCUT2D eigenvalue weighted by molar-refractivity contribution is 5.85. The molecule has 1 heterocycles. The highest BCUT2D eigenvalue weighted by atomic mass is 16.7.